The van der Waals surface area contributed by atoms with Gasteiger partial charge in [0.25, 0.3) is 5.69 Å². The van der Waals surface area contributed by atoms with Gasteiger partial charge in [-0.05, 0) is 37.8 Å². The smallest absolute Gasteiger partial charge is 0.294 e. The Morgan fingerprint density at radius 3 is 2.57 bits per heavy atom. The van der Waals surface area contributed by atoms with Crippen molar-refractivity contribution in [2.24, 2.45) is 11.8 Å². The summed E-state index contributed by atoms with van der Waals surface area (Å²) in [6.07, 6.45) is 2.02. The number of nitro benzene ring substituents is 1. The van der Waals surface area contributed by atoms with Crippen molar-refractivity contribution in [2.45, 2.75) is 30.7 Å². The highest BCUT2D eigenvalue weighted by Gasteiger charge is 2.36. The van der Waals surface area contributed by atoms with E-state index in [1.807, 2.05) is 6.92 Å². The number of hydrogen-bond donors (Lipinski definition) is 2. The SMILES string of the molecule is CC(C1CC1)N(C)S(=O)(=O)c1ccc(NN)c([N+](=O)[O-])c1. The Morgan fingerprint density at radius 1 is 1.48 bits per heavy atom. The second kappa shape index (κ2) is 5.58. The van der Waals surface area contributed by atoms with Gasteiger partial charge in [-0.15, -0.1) is 0 Å². The van der Waals surface area contributed by atoms with Crippen molar-refractivity contribution in [3.8, 4) is 0 Å². The number of sulfonamides is 1. The molecule has 1 aliphatic carbocycles. The number of anilines is 1. The first-order valence-electron chi connectivity index (χ1n) is 6.52. The summed E-state index contributed by atoms with van der Waals surface area (Å²) in [4.78, 5) is 10.2. The average Bonchev–Trinajstić information content (AvgIpc) is 3.29. The van der Waals surface area contributed by atoms with Gasteiger partial charge in [0.05, 0.1) is 9.82 Å². The molecule has 0 aliphatic heterocycles. The zero-order chi connectivity index (χ0) is 15.8. The lowest BCUT2D eigenvalue weighted by Crippen LogP contribution is -2.36. The summed E-state index contributed by atoms with van der Waals surface area (Å²) < 4.78 is 26.3. The number of nitro groups is 1. The highest BCUT2D eigenvalue weighted by molar-refractivity contribution is 7.89. The number of nitrogens with two attached hydrogens (primary N) is 1. The summed E-state index contributed by atoms with van der Waals surface area (Å²) in [5.74, 6) is 5.55. The molecule has 1 aliphatic rings. The van der Waals surface area contributed by atoms with Gasteiger partial charge in [-0.1, -0.05) is 0 Å². The van der Waals surface area contributed by atoms with Crippen LogP contribution in [0.4, 0.5) is 11.4 Å². The third-order valence-electron chi connectivity index (χ3n) is 3.88. The average molecular weight is 314 g/mol. The van der Waals surface area contributed by atoms with Crippen LogP contribution in [-0.2, 0) is 10.0 Å². The molecule has 1 aromatic rings. The first-order chi connectivity index (χ1) is 9.78. The van der Waals surface area contributed by atoms with Gasteiger partial charge in [0.2, 0.25) is 10.0 Å². The quantitative estimate of drug-likeness (QED) is 0.464. The van der Waals surface area contributed by atoms with Crippen LogP contribution < -0.4 is 11.3 Å². The van der Waals surface area contributed by atoms with Crippen molar-refractivity contribution in [1.82, 2.24) is 4.31 Å². The first-order valence-corrected chi connectivity index (χ1v) is 7.96. The Balaban J connectivity index is 2.40. The van der Waals surface area contributed by atoms with Crippen molar-refractivity contribution in [1.29, 1.82) is 0 Å². The molecular formula is C12H18N4O4S. The van der Waals surface area contributed by atoms with Crippen LogP contribution in [0.5, 0.6) is 0 Å². The maximum absolute atomic E-state index is 12.5. The van der Waals surface area contributed by atoms with Crippen molar-refractivity contribution >= 4 is 21.4 Å². The number of nitrogens with zero attached hydrogens (tertiary/aromatic N) is 2. The third kappa shape index (κ3) is 2.99. The Labute approximate surface area is 123 Å². The second-order valence-electron chi connectivity index (χ2n) is 5.18. The van der Waals surface area contributed by atoms with Crippen molar-refractivity contribution < 1.29 is 13.3 Å². The van der Waals surface area contributed by atoms with Crippen LogP contribution in [0, 0.1) is 16.0 Å². The molecule has 0 saturated heterocycles. The van der Waals surface area contributed by atoms with E-state index in [2.05, 4.69) is 5.43 Å². The fourth-order valence-electron chi connectivity index (χ4n) is 2.21. The van der Waals surface area contributed by atoms with E-state index in [-0.39, 0.29) is 22.3 Å². The molecule has 1 atom stereocenters. The van der Waals surface area contributed by atoms with Crippen LogP contribution in [0.3, 0.4) is 0 Å². The van der Waals surface area contributed by atoms with Gasteiger partial charge < -0.3 is 5.43 Å². The van der Waals surface area contributed by atoms with Crippen LogP contribution >= 0.6 is 0 Å². The van der Waals surface area contributed by atoms with Gasteiger partial charge >= 0.3 is 0 Å². The van der Waals surface area contributed by atoms with Crippen LogP contribution in [0.2, 0.25) is 0 Å². The summed E-state index contributed by atoms with van der Waals surface area (Å²) >= 11 is 0. The summed E-state index contributed by atoms with van der Waals surface area (Å²) in [5, 5.41) is 11.0. The zero-order valence-electron chi connectivity index (χ0n) is 11.8. The predicted octanol–water partition coefficient (Wildman–Crippen LogP) is 1.30. The van der Waals surface area contributed by atoms with E-state index in [1.54, 1.807) is 0 Å². The molecule has 0 heterocycles. The minimum absolute atomic E-state index is 0.0665. The van der Waals surface area contributed by atoms with Crippen LogP contribution in [0.1, 0.15) is 19.8 Å². The number of hydrazine groups is 1. The summed E-state index contributed by atoms with van der Waals surface area (Å²) in [5.41, 5.74) is 1.88. The Morgan fingerprint density at radius 2 is 2.10 bits per heavy atom. The topological polar surface area (TPSA) is 119 Å². The van der Waals surface area contributed by atoms with Crippen molar-refractivity contribution in [3.63, 3.8) is 0 Å². The van der Waals surface area contributed by atoms with Crippen molar-refractivity contribution in [2.75, 3.05) is 12.5 Å². The van der Waals surface area contributed by atoms with E-state index in [0.717, 1.165) is 18.9 Å². The van der Waals surface area contributed by atoms with Gasteiger partial charge in [-0.25, -0.2) is 8.42 Å². The Hall–Kier alpha value is -1.71. The number of hydrogen-bond acceptors (Lipinski definition) is 6. The molecule has 3 N–H and O–H groups in total. The highest BCUT2D eigenvalue weighted by atomic mass is 32.2. The molecule has 0 amide bonds. The van der Waals surface area contributed by atoms with Gasteiger partial charge in [0.15, 0.2) is 0 Å². The molecule has 1 aromatic carbocycles. The zero-order valence-corrected chi connectivity index (χ0v) is 12.6. The van der Waals surface area contributed by atoms with E-state index >= 15 is 0 Å². The molecule has 1 saturated carbocycles. The van der Waals surface area contributed by atoms with Gasteiger partial charge in [0.1, 0.15) is 5.69 Å². The largest absolute Gasteiger partial charge is 0.318 e. The minimum Gasteiger partial charge on any atom is -0.318 e. The van der Waals surface area contributed by atoms with E-state index < -0.39 is 14.9 Å². The van der Waals surface area contributed by atoms with Crippen molar-refractivity contribution in [3.05, 3.63) is 28.3 Å². The normalized spacial score (nSPS) is 16.8. The minimum atomic E-state index is -3.76. The van der Waals surface area contributed by atoms with Gasteiger partial charge in [0, 0.05) is 19.2 Å². The Kier molecular flexibility index (Phi) is 4.17. The summed E-state index contributed by atoms with van der Waals surface area (Å²) in [6, 6.07) is 3.51. The molecule has 2 rings (SSSR count). The molecule has 1 unspecified atom stereocenters. The molecule has 0 aromatic heterocycles. The highest BCUT2D eigenvalue weighted by Crippen LogP contribution is 2.37. The lowest BCUT2D eigenvalue weighted by Gasteiger charge is -2.24. The van der Waals surface area contributed by atoms with Gasteiger partial charge in [-0.3, -0.25) is 16.0 Å². The van der Waals surface area contributed by atoms with Crippen LogP contribution in [0.25, 0.3) is 0 Å². The van der Waals surface area contributed by atoms with Crippen LogP contribution in [0.15, 0.2) is 23.1 Å². The standard InChI is InChI=1S/C12H18N4O4S/c1-8(9-3-4-9)15(2)21(19,20)10-5-6-11(14-13)12(7-10)16(17)18/h5-9,14H,3-4,13H2,1-2H3. The Bertz CT molecular complexity index is 657. The van der Waals surface area contributed by atoms with Crippen LogP contribution in [-0.4, -0.2) is 30.7 Å². The number of nitrogens with one attached hydrogen (secondary N) is 1. The lowest BCUT2D eigenvalue weighted by molar-refractivity contribution is -0.384. The molecule has 0 bridgehead atoms. The lowest BCUT2D eigenvalue weighted by atomic mass is 10.2. The fraction of sp³-hybridized carbons (Fsp3) is 0.500. The van der Waals surface area contributed by atoms with E-state index in [9.17, 15) is 18.5 Å². The maximum atomic E-state index is 12.5. The number of benzene rings is 1. The molecule has 0 radical (unpaired) electrons. The van der Waals surface area contributed by atoms with E-state index in [4.69, 9.17) is 5.84 Å². The summed E-state index contributed by atoms with van der Waals surface area (Å²) in [7, 11) is -2.26. The number of nitrogen functional groups attached to an aromatic ring is 1. The maximum Gasteiger partial charge on any atom is 0.294 e. The molecule has 9 heteroatoms. The second-order valence-corrected chi connectivity index (χ2v) is 7.18. The molecular weight excluding hydrogens is 296 g/mol. The fourth-order valence-corrected chi connectivity index (χ4v) is 3.65. The molecule has 1 fully saturated rings. The monoisotopic (exact) mass is 314 g/mol. The van der Waals surface area contributed by atoms with E-state index in [1.165, 1.54) is 23.5 Å². The first kappa shape index (κ1) is 15.7. The molecule has 8 nitrogen and oxygen atoms in total. The summed E-state index contributed by atoms with van der Waals surface area (Å²) in [6.45, 7) is 1.85. The van der Waals surface area contributed by atoms with E-state index in [0.29, 0.717) is 5.92 Å². The molecule has 21 heavy (non-hydrogen) atoms. The third-order valence-corrected chi connectivity index (χ3v) is 5.82. The predicted molar refractivity (Wildman–Crippen MR) is 78.0 cm³/mol. The molecule has 0 spiro atoms. The number of rotatable bonds is 6. The molecule has 116 valence electrons. The van der Waals surface area contributed by atoms with Gasteiger partial charge in [-0.2, -0.15) is 4.31 Å².